The Kier molecular flexibility index (Phi) is 6.05. The number of carbonyl (C=O) groups excluding carboxylic acids is 2. The Morgan fingerprint density at radius 2 is 1.68 bits per heavy atom. The SMILES string of the molecule is CN1CCN(C(=O)c2ccc(-c3cccc(C(=O)NCc4nc5ccccc5[nH]4)n3)cc2)CC1. The van der Waals surface area contributed by atoms with Gasteiger partial charge in [-0.25, -0.2) is 9.97 Å². The van der Waals surface area contributed by atoms with Gasteiger partial charge in [-0.2, -0.15) is 0 Å². The molecule has 172 valence electrons. The van der Waals surface area contributed by atoms with Crippen LogP contribution in [0.3, 0.4) is 0 Å². The van der Waals surface area contributed by atoms with Crippen LogP contribution in [0.5, 0.6) is 0 Å². The van der Waals surface area contributed by atoms with Crippen LogP contribution in [-0.4, -0.2) is 69.8 Å². The van der Waals surface area contributed by atoms with Gasteiger partial charge in [0.25, 0.3) is 11.8 Å². The van der Waals surface area contributed by atoms with E-state index < -0.39 is 0 Å². The molecule has 0 spiro atoms. The summed E-state index contributed by atoms with van der Waals surface area (Å²) in [6, 6.07) is 20.5. The maximum atomic E-state index is 12.8. The number of amides is 2. The normalized spacial score (nSPS) is 14.3. The molecule has 2 aromatic heterocycles. The second-order valence-electron chi connectivity index (χ2n) is 8.46. The first-order valence-corrected chi connectivity index (χ1v) is 11.3. The first kappa shape index (κ1) is 21.8. The van der Waals surface area contributed by atoms with Crippen molar-refractivity contribution in [3.63, 3.8) is 0 Å². The molecule has 8 nitrogen and oxygen atoms in total. The van der Waals surface area contributed by atoms with Crippen molar-refractivity contribution in [3.8, 4) is 11.3 Å². The topological polar surface area (TPSA) is 94.2 Å². The zero-order valence-electron chi connectivity index (χ0n) is 19.0. The number of H-pyrrole nitrogens is 1. The standard InChI is InChI=1S/C26H26N6O2/c1-31-13-15-32(16-14-31)26(34)19-11-9-18(10-12-19)20-7-4-8-23(28-20)25(33)27-17-24-29-21-5-2-3-6-22(21)30-24/h2-12H,13-17H2,1H3,(H,27,33)(H,29,30). The predicted molar refractivity (Wildman–Crippen MR) is 130 cm³/mol. The molecule has 0 atom stereocenters. The van der Waals surface area contributed by atoms with Crippen LogP contribution in [0, 0.1) is 0 Å². The van der Waals surface area contributed by atoms with E-state index in [9.17, 15) is 9.59 Å². The van der Waals surface area contributed by atoms with Crippen molar-refractivity contribution in [2.45, 2.75) is 6.54 Å². The Balaban J connectivity index is 1.25. The van der Waals surface area contributed by atoms with E-state index in [1.54, 1.807) is 6.07 Å². The highest BCUT2D eigenvalue weighted by atomic mass is 16.2. The zero-order chi connectivity index (χ0) is 23.5. The van der Waals surface area contributed by atoms with Gasteiger partial charge in [-0.05, 0) is 43.4 Å². The highest BCUT2D eigenvalue weighted by Gasteiger charge is 2.20. The van der Waals surface area contributed by atoms with E-state index in [1.807, 2.05) is 65.6 Å². The van der Waals surface area contributed by atoms with Crippen LogP contribution in [0.25, 0.3) is 22.3 Å². The molecule has 2 amide bonds. The molecule has 2 aromatic carbocycles. The number of fused-ring (bicyclic) bond motifs is 1. The van der Waals surface area contributed by atoms with Gasteiger partial charge in [0, 0.05) is 37.3 Å². The lowest BCUT2D eigenvalue weighted by molar-refractivity contribution is 0.0664. The maximum Gasteiger partial charge on any atom is 0.270 e. The van der Waals surface area contributed by atoms with Gasteiger partial charge in [0.1, 0.15) is 11.5 Å². The van der Waals surface area contributed by atoms with Crippen LogP contribution in [0.4, 0.5) is 0 Å². The molecule has 2 N–H and O–H groups in total. The highest BCUT2D eigenvalue weighted by molar-refractivity contribution is 5.95. The number of para-hydroxylation sites is 2. The average molecular weight is 455 g/mol. The minimum absolute atomic E-state index is 0.0475. The molecule has 0 saturated carbocycles. The minimum Gasteiger partial charge on any atom is -0.343 e. The number of carbonyl (C=O) groups is 2. The van der Waals surface area contributed by atoms with Crippen molar-refractivity contribution < 1.29 is 9.59 Å². The lowest BCUT2D eigenvalue weighted by Gasteiger charge is -2.32. The van der Waals surface area contributed by atoms with Gasteiger partial charge in [-0.3, -0.25) is 9.59 Å². The van der Waals surface area contributed by atoms with E-state index in [1.165, 1.54) is 0 Å². The summed E-state index contributed by atoms with van der Waals surface area (Å²) in [6.07, 6.45) is 0. The third kappa shape index (κ3) is 4.67. The number of aromatic amines is 1. The van der Waals surface area contributed by atoms with Crippen molar-refractivity contribution in [3.05, 3.63) is 83.8 Å². The summed E-state index contributed by atoms with van der Waals surface area (Å²) < 4.78 is 0. The fourth-order valence-electron chi connectivity index (χ4n) is 4.04. The van der Waals surface area contributed by atoms with E-state index in [2.05, 4.69) is 32.2 Å². The van der Waals surface area contributed by atoms with Crippen LogP contribution < -0.4 is 5.32 Å². The average Bonchev–Trinajstić information content (AvgIpc) is 3.31. The molecular weight excluding hydrogens is 428 g/mol. The molecule has 0 aliphatic carbocycles. The van der Waals surface area contributed by atoms with Gasteiger partial charge >= 0.3 is 0 Å². The van der Waals surface area contributed by atoms with Crippen LogP contribution in [0.1, 0.15) is 26.7 Å². The number of rotatable bonds is 5. The molecule has 0 bridgehead atoms. The Morgan fingerprint density at radius 1 is 0.912 bits per heavy atom. The van der Waals surface area contributed by atoms with Crippen LogP contribution in [0.15, 0.2) is 66.7 Å². The second-order valence-corrected chi connectivity index (χ2v) is 8.46. The quantitative estimate of drug-likeness (QED) is 0.484. The number of likely N-dealkylation sites (N-methyl/N-ethyl adjacent to an activating group) is 1. The zero-order valence-corrected chi connectivity index (χ0v) is 19.0. The lowest BCUT2D eigenvalue weighted by atomic mass is 10.1. The Morgan fingerprint density at radius 3 is 2.44 bits per heavy atom. The summed E-state index contributed by atoms with van der Waals surface area (Å²) in [5.74, 6) is 0.460. The van der Waals surface area contributed by atoms with Gasteiger partial charge in [-0.1, -0.05) is 30.3 Å². The summed E-state index contributed by atoms with van der Waals surface area (Å²) in [4.78, 5) is 41.8. The number of nitrogens with zero attached hydrogens (tertiary/aromatic N) is 4. The molecule has 8 heteroatoms. The van der Waals surface area contributed by atoms with Crippen molar-refractivity contribution >= 4 is 22.8 Å². The van der Waals surface area contributed by atoms with Gasteiger partial charge in [0.2, 0.25) is 0 Å². The summed E-state index contributed by atoms with van der Waals surface area (Å²) in [6.45, 7) is 3.54. The number of pyridine rings is 1. The van der Waals surface area contributed by atoms with Crippen molar-refractivity contribution in [1.82, 2.24) is 30.1 Å². The van der Waals surface area contributed by atoms with Crippen LogP contribution in [0.2, 0.25) is 0 Å². The Hall–Kier alpha value is -4.04. The molecular formula is C26H26N6O2. The third-order valence-corrected chi connectivity index (χ3v) is 6.05. The number of nitrogens with one attached hydrogen (secondary N) is 2. The number of hydrogen-bond acceptors (Lipinski definition) is 5. The van der Waals surface area contributed by atoms with Crippen LogP contribution in [-0.2, 0) is 6.54 Å². The largest absolute Gasteiger partial charge is 0.343 e. The first-order valence-electron chi connectivity index (χ1n) is 11.3. The molecule has 34 heavy (non-hydrogen) atoms. The van der Waals surface area contributed by atoms with Crippen LogP contribution >= 0.6 is 0 Å². The number of benzene rings is 2. The number of piperazine rings is 1. The molecule has 1 saturated heterocycles. The number of imidazole rings is 1. The summed E-state index contributed by atoms with van der Waals surface area (Å²) >= 11 is 0. The second kappa shape index (κ2) is 9.44. The van der Waals surface area contributed by atoms with E-state index >= 15 is 0 Å². The summed E-state index contributed by atoms with van der Waals surface area (Å²) in [5.41, 5.74) is 4.30. The smallest absolute Gasteiger partial charge is 0.270 e. The van der Waals surface area contributed by atoms with Crippen molar-refractivity contribution in [1.29, 1.82) is 0 Å². The van der Waals surface area contributed by atoms with E-state index in [-0.39, 0.29) is 18.4 Å². The van der Waals surface area contributed by atoms with Gasteiger partial charge < -0.3 is 20.1 Å². The molecule has 0 radical (unpaired) electrons. The maximum absolute atomic E-state index is 12.8. The monoisotopic (exact) mass is 454 g/mol. The lowest BCUT2D eigenvalue weighted by Crippen LogP contribution is -2.47. The Bertz CT molecular complexity index is 1290. The number of hydrogen-bond donors (Lipinski definition) is 2. The van der Waals surface area contributed by atoms with E-state index in [4.69, 9.17) is 0 Å². The molecule has 3 heterocycles. The molecule has 0 unspecified atom stereocenters. The van der Waals surface area contributed by atoms with E-state index in [0.717, 1.165) is 42.8 Å². The molecule has 1 aliphatic heterocycles. The summed E-state index contributed by atoms with van der Waals surface area (Å²) in [7, 11) is 2.07. The summed E-state index contributed by atoms with van der Waals surface area (Å²) in [5, 5.41) is 2.87. The number of aromatic nitrogens is 3. The fraction of sp³-hybridized carbons (Fsp3) is 0.231. The molecule has 5 rings (SSSR count). The van der Waals surface area contributed by atoms with Gasteiger partial charge in [0.05, 0.1) is 23.3 Å². The molecule has 4 aromatic rings. The third-order valence-electron chi connectivity index (χ3n) is 6.05. The van der Waals surface area contributed by atoms with E-state index in [0.29, 0.717) is 22.8 Å². The molecule has 1 aliphatic rings. The fourth-order valence-corrected chi connectivity index (χ4v) is 4.04. The van der Waals surface area contributed by atoms with Gasteiger partial charge in [-0.15, -0.1) is 0 Å². The highest BCUT2D eigenvalue weighted by Crippen LogP contribution is 2.19. The molecule has 1 fully saturated rings. The minimum atomic E-state index is -0.274. The predicted octanol–water partition coefficient (Wildman–Crippen LogP) is 2.94. The Labute approximate surface area is 197 Å². The first-order chi connectivity index (χ1) is 16.6. The van der Waals surface area contributed by atoms with Gasteiger partial charge in [0.15, 0.2) is 0 Å². The van der Waals surface area contributed by atoms with Crippen molar-refractivity contribution in [2.24, 2.45) is 0 Å². The van der Waals surface area contributed by atoms with Crippen molar-refractivity contribution in [2.75, 3.05) is 33.2 Å².